The molecule has 0 fully saturated rings. The number of pyridine rings is 1. The molecule has 1 aromatic heterocycles. The number of hydrogen-bond acceptors (Lipinski definition) is 1. The SMILES string of the molecule is C=CCn1ccc(=O)cc1. The molecule has 1 rings (SSSR count). The summed E-state index contributed by atoms with van der Waals surface area (Å²) < 4.78 is 1.88. The summed E-state index contributed by atoms with van der Waals surface area (Å²) >= 11 is 0. The van der Waals surface area contributed by atoms with Crippen LogP contribution in [0.25, 0.3) is 0 Å². The molecule has 0 aliphatic heterocycles. The van der Waals surface area contributed by atoms with Crippen molar-refractivity contribution in [3.8, 4) is 0 Å². The summed E-state index contributed by atoms with van der Waals surface area (Å²) in [6, 6.07) is 3.06. The lowest BCUT2D eigenvalue weighted by Crippen LogP contribution is -2.01. The number of rotatable bonds is 2. The normalized spacial score (nSPS) is 9.20. The fourth-order valence-electron chi connectivity index (χ4n) is 0.714. The Morgan fingerprint density at radius 3 is 2.60 bits per heavy atom. The molecule has 0 N–H and O–H groups in total. The first-order chi connectivity index (χ1) is 4.83. The molecule has 0 radical (unpaired) electrons. The molecule has 0 spiro atoms. The Morgan fingerprint density at radius 2 is 2.10 bits per heavy atom. The second-order valence-corrected chi connectivity index (χ2v) is 2.02. The van der Waals surface area contributed by atoms with Gasteiger partial charge in [0, 0.05) is 31.1 Å². The van der Waals surface area contributed by atoms with Gasteiger partial charge in [-0.3, -0.25) is 4.79 Å². The molecule has 2 heteroatoms. The lowest BCUT2D eigenvalue weighted by atomic mass is 10.4. The van der Waals surface area contributed by atoms with Gasteiger partial charge < -0.3 is 4.57 Å². The third kappa shape index (κ3) is 1.58. The van der Waals surface area contributed by atoms with Crippen LogP contribution in [-0.4, -0.2) is 4.57 Å². The fraction of sp³-hybridized carbons (Fsp3) is 0.125. The summed E-state index contributed by atoms with van der Waals surface area (Å²) in [4.78, 5) is 10.6. The standard InChI is InChI=1S/C8H9NO/c1-2-5-9-6-3-8(10)4-7-9/h2-4,6-7H,1,5H2. The van der Waals surface area contributed by atoms with E-state index in [9.17, 15) is 4.79 Å². The van der Waals surface area contributed by atoms with Gasteiger partial charge in [0.25, 0.3) is 0 Å². The largest absolute Gasteiger partial charge is 0.350 e. The van der Waals surface area contributed by atoms with E-state index in [0.717, 1.165) is 6.54 Å². The lowest BCUT2D eigenvalue weighted by molar-refractivity contribution is 0.812. The highest BCUT2D eigenvalue weighted by Crippen LogP contribution is 1.83. The van der Waals surface area contributed by atoms with E-state index >= 15 is 0 Å². The third-order valence-corrected chi connectivity index (χ3v) is 1.20. The van der Waals surface area contributed by atoms with Crippen LogP contribution in [0, 0.1) is 0 Å². The Morgan fingerprint density at radius 1 is 1.50 bits per heavy atom. The molecule has 0 saturated heterocycles. The number of allylic oxidation sites excluding steroid dienone is 1. The average Bonchev–Trinajstić information content (AvgIpc) is 1.95. The van der Waals surface area contributed by atoms with Crippen LogP contribution in [0.4, 0.5) is 0 Å². The van der Waals surface area contributed by atoms with Crippen molar-refractivity contribution in [2.75, 3.05) is 0 Å². The summed E-state index contributed by atoms with van der Waals surface area (Å²) in [5, 5.41) is 0. The molecule has 1 heterocycles. The van der Waals surface area contributed by atoms with Crippen molar-refractivity contribution >= 4 is 0 Å². The quantitative estimate of drug-likeness (QED) is 0.555. The average molecular weight is 135 g/mol. The molecular weight excluding hydrogens is 126 g/mol. The van der Waals surface area contributed by atoms with E-state index in [4.69, 9.17) is 0 Å². The van der Waals surface area contributed by atoms with Crippen LogP contribution < -0.4 is 5.43 Å². The third-order valence-electron chi connectivity index (χ3n) is 1.20. The minimum Gasteiger partial charge on any atom is -0.350 e. The van der Waals surface area contributed by atoms with Crippen LogP contribution >= 0.6 is 0 Å². The van der Waals surface area contributed by atoms with Gasteiger partial charge in [-0.15, -0.1) is 6.58 Å². The van der Waals surface area contributed by atoms with Gasteiger partial charge in [0.05, 0.1) is 0 Å². The second-order valence-electron chi connectivity index (χ2n) is 2.02. The molecule has 0 bridgehead atoms. The predicted molar refractivity (Wildman–Crippen MR) is 40.9 cm³/mol. The van der Waals surface area contributed by atoms with Gasteiger partial charge in [0.15, 0.2) is 5.43 Å². The molecule has 52 valence electrons. The van der Waals surface area contributed by atoms with Crippen LogP contribution in [0.2, 0.25) is 0 Å². The zero-order valence-corrected chi connectivity index (χ0v) is 5.66. The van der Waals surface area contributed by atoms with Gasteiger partial charge in [-0.25, -0.2) is 0 Å². The van der Waals surface area contributed by atoms with Gasteiger partial charge in [-0.2, -0.15) is 0 Å². The Balaban J connectivity index is 2.89. The first kappa shape index (κ1) is 6.81. The Kier molecular flexibility index (Phi) is 2.05. The van der Waals surface area contributed by atoms with Crippen molar-refractivity contribution < 1.29 is 0 Å². The van der Waals surface area contributed by atoms with Gasteiger partial charge >= 0.3 is 0 Å². The molecule has 0 aliphatic rings. The number of aromatic nitrogens is 1. The van der Waals surface area contributed by atoms with Crippen molar-refractivity contribution in [3.63, 3.8) is 0 Å². The lowest BCUT2D eigenvalue weighted by Gasteiger charge is -1.98. The van der Waals surface area contributed by atoms with Crippen molar-refractivity contribution in [1.29, 1.82) is 0 Å². The van der Waals surface area contributed by atoms with E-state index in [1.807, 2.05) is 4.57 Å². The van der Waals surface area contributed by atoms with Crippen molar-refractivity contribution in [3.05, 3.63) is 47.4 Å². The maximum atomic E-state index is 10.6. The van der Waals surface area contributed by atoms with Crippen molar-refractivity contribution in [1.82, 2.24) is 4.57 Å². The molecule has 2 nitrogen and oxygen atoms in total. The van der Waals surface area contributed by atoms with Crippen molar-refractivity contribution in [2.45, 2.75) is 6.54 Å². The zero-order valence-electron chi connectivity index (χ0n) is 5.66. The summed E-state index contributed by atoms with van der Waals surface area (Å²) in [6.07, 6.45) is 5.26. The molecule has 0 unspecified atom stereocenters. The smallest absolute Gasteiger partial charge is 0.181 e. The fourth-order valence-corrected chi connectivity index (χ4v) is 0.714. The molecule has 1 aromatic rings. The van der Waals surface area contributed by atoms with Crippen LogP contribution in [0.1, 0.15) is 0 Å². The van der Waals surface area contributed by atoms with Crippen LogP contribution in [-0.2, 0) is 6.54 Å². The zero-order chi connectivity index (χ0) is 7.40. The van der Waals surface area contributed by atoms with Crippen LogP contribution in [0.5, 0.6) is 0 Å². The topological polar surface area (TPSA) is 22.0 Å². The van der Waals surface area contributed by atoms with E-state index < -0.39 is 0 Å². The van der Waals surface area contributed by atoms with E-state index in [1.165, 1.54) is 12.1 Å². The van der Waals surface area contributed by atoms with Crippen LogP contribution in [0.15, 0.2) is 42.0 Å². The van der Waals surface area contributed by atoms with Crippen molar-refractivity contribution in [2.24, 2.45) is 0 Å². The molecule has 0 saturated carbocycles. The molecule has 0 amide bonds. The molecule has 0 aromatic carbocycles. The summed E-state index contributed by atoms with van der Waals surface area (Å²) in [5.74, 6) is 0. The number of nitrogens with zero attached hydrogens (tertiary/aromatic N) is 1. The van der Waals surface area contributed by atoms with Gasteiger partial charge in [0.1, 0.15) is 0 Å². The number of hydrogen-bond donors (Lipinski definition) is 0. The molecule has 0 atom stereocenters. The van der Waals surface area contributed by atoms with Gasteiger partial charge in [-0.1, -0.05) is 6.08 Å². The Hall–Kier alpha value is -1.31. The Bertz CT molecular complexity index is 254. The molecule has 10 heavy (non-hydrogen) atoms. The van der Waals surface area contributed by atoms with E-state index in [0.29, 0.717) is 0 Å². The summed E-state index contributed by atoms with van der Waals surface area (Å²) in [5.41, 5.74) is 0.0420. The predicted octanol–water partition coefficient (Wildman–Crippen LogP) is 1.03. The Labute approximate surface area is 59.4 Å². The minimum atomic E-state index is 0.0420. The van der Waals surface area contributed by atoms with Crippen LogP contribution in [0.3, 0.4) is 0 Å². The summed E-state index contributed by atoms with van der Waals surface area (Å²) in [7, 11) is 0. The first-order valence-corrected chi connectivity index (χ1v) is 3.10. The first-order valence-electron chi connectivity index (χ1n) is 3.10. The minimum absolute atomic E-state index is 0.0420. The maximum absolute atomic E-state index is 10.6. The highest BCUT2D eigenvalue weighted by atomic mass is 16.1. The highest BCUT2D eigenvalue weighted by Gasteiger charge is 1.82. The highest BCUT2D eigenvalue weighted by molar-refractivity contribution is 4.94. The molecular formula is C8H9NO. The maximum Gasteiger partial charge on any atom is 0.181 e. The van der Waals surface area contributed by atoms with E-state index in [1.54, 1.807) is 18.5 Å². The second kappa shape index (κ2) is 3.01. The van der Waals surface area contributed by atoms with Gasteiger partial charge in [0.2, 0.25) is 0 Å². The molecule has 0 aliphatic carbocycles. The summed E-state index contributed by atoms with van der Waals surface area (Å²) in [6.45, 7) is 4.33. The monoisotopic (exact) mass is 135 g/mol. The van der Waals surface area contributed by atoms with E-state index in [-0.39, 0.29) is 5.43 Å². The van der Waals surface area contributed by atoms with Gasteiger partial charge in [-0.05, 0) is 0 Å². The van der Waals surface area contributed by atoms with E-state index in [2.05, 4.69) is 6.58 Å².